The van der Waals surface area contributed by atoms with Crippen LogP contribution >= 0.6 is 0 Å². The fourth-order valence-electron chi connectivity index (χ4n) is 2.00. The lowest BCUT2D eigenvalue weighted by molar-refractivity contribution is -0.140. The van der Waals surface area contributed by atoms with Gasteiger partial charge in [0, 0.05) is 6.42 Å². The topological polar surface area (TPSA) is 26.3 Å². The Labute approximate surface area is 116 Å². The Balaban J connectivity index is 2.28. The van der Waals surface area contributed by atoms with Crippen molar-refractivity contribution in [2.75, 3.05) is 7.11 Å². The minimum atomic E-state index is -0.602. The number of rotatable bonds is 4. The van der Waals surface area contributed by atoms with Gasteiger partial charge in [-0.3, -0.25) is 4.79 Å². The van der Waals surface area contributed by atoms with Gasteiger partial charge >= 0.3 is 5.97 Å². The molecule has 20 heavy (non-hydrogen) atoms. The molecule has 2 aromatic carbocycles. The molecule has 0 atom stereocenters. The van der Waals surface area contributed by atoms with Crippen molar-refractivity contribution in [1.82, 2.24) is 0 Å². The third-order valence-corrected chi connectivity index (χ3v) is 3.02. The molecule has 2 nitrogen and oxygen atoms in total. The zero-order chi connectivity index (χ0) is 14.5. The molecule has 0 aromatic heterocycles. The number of benzene rings is 2. The molecular weight excluding hydrogens is 262 g/mol. The molecule has 2 rings (SSSR count). The lowest BCUT2D eigenvalue weighted by Gasteiger charge is -2.07. The number of methoxy groups -OCH3 is 1. The number of aryl methyl sites for hydroxylation is 1. The van der Waals surface area contributed by atoms with Crippen LogP contribution in [0, 0.1) is 11.6 Å². The van der Waals surface area contributed by atoms with E-state index in [1.54, 1.807) is 18.2 Å². The monoisotopic (exact) mass is 276 g/mol. The van der Waals surface area contributed by atoms with Crippen molar-refractivity contribution >= 4 is 5.97 Å². The number of hydrogen-bond acceptors (Lipinski definition) is 2. The number of carbonyl (C=O) groups excluding carboxylic acids is 1. The predicted octanol–water partition coefficient (Wildman–Crippen LogP) is 3.74. The zero-order valence-electron chi connectivity index (χ0n) is 11.0. The molecule has 0 saturated heterocycles. The van der Waals surface area contributed by atoms with Crippen molar-refractivity contribution in [3.8, 4) is 11.1 Å². The molecule has 0 radical (unpaired) electrons. The first kappa shape index (κ1) is 14.2. The van der Waals surface area contributed by atoms with Crippen LogP contribution in [-0.2, 0) is 16.0 Å². The summed E-state index contributed by atoms with van der Waals surface area (Å²) in [6.07, 6.45) is 0.705. The van der Waals surface area contributed by atoms with Gasteiger partial charge in [-0.1, -0.05) is 30.3 Å². The van der Waals surface area contributed by atoms with Gasteiger partial charge in [-0.05, 0) is 29.7 Å². The van der Waals surface area contributed by atoms with Crippen LogP contribution in [0.1, 0.15) is 12.0 Å². The van der Waals surface area contributed by atoms with Crippen molar-refractivity contribution in [2.24, 2.45) is 0 Å². The van der Waals surface area contributed by atoms with Crippen molar-refractivity contribution in [3.63, 3.8) is 0 Å². The van der Waals surface area contributed by atoms with Crippen LogP contribution in [0.3, 0.4) is 0 Å². The van der Waals surface area contributed by atoms with Crippen molar-refractivity contribution in [1.29, 1.82) is 0 Å². The van der Waals surface area contributed by atoms with E-state index in [0.717, 1.165) is 5.56 Å². The van der Waals surface area contributed by atoms with Crippen molar-refractivity contribution in [2.45, 2.75) is 12.8 Å². The van der Waals surface area contributed by atoms with Gasteiger partial charge < -0.3 is 4.74 Å². The predicted molar refractivity (Wildman–Crippen MR) is 72.1 cm³/mol. The third-order valence-electron chi connectivity index (χ3n) is 3.02. The van der Waals surface area contributed by atoms with Crippen LogP contribution in [0.5, 0.6) is 0 Å². The molecule has 0 N–H and O–H groups in total. The Bertz CT molecular complexity index is 603. The zero-order valence-corrected chi connectivity index (χ0v) is 11.0. The van der Waals surface area contributed by atoms with Gasteiger partial charge in [-0.25, -0.2) is 8.78 Å². The molecule has 0 amide bonds. The smallest absolute Gasteiger partial charge is 0.305 e. The lowest BCUT2D eigenvalue weighted by Crippen LogP contribution is -2.02. The van der Waals surface area contributed by atoms with E-state index in [9.17, 15) is 13.6 Å². The van der Waals surface area contributed by atoms with E-state index in [4.69, 9.17) is 0 Å². The molecule has 0 aliphatic heterocycles. The summed E-state index contributed by atoms with van der Waals surface area (Å²) in [6.45, 7) is 0. The van der Waals surface area contributed by atoms with Gasteiger partial charge in [-0.15, -0.1) is 0 Å². The molecule has 0 saturated carbocycles. The summed E-state index contributed by atoms with van der Waals surface area (Å²) >= 11 is 0. The molecular formula is C16H14F2O2. The number of hydrogen-bond donors (Lipinski definition) is 0. The van der Waals surface area contributed by atoms with E-state index in [-0.39, 0.29) is 18.0 Å². The third kappa shape index (κ3) is 3.20. The molecule has 0 spiro atoms. The van der Waals surface area contributed by atoms with Crippen molar-refractivity contribution in [3.05, 3.63) is 59.7 Å². The van der Waals surface area contributed by atoms with Gasteiger partial charge in [0.25, 0.3) is 0 Å². The molecule has 0 aliphatic rings. The second kappa shape index (κ2) is 6.28. The maximum atomic E-state index is 13.7. The van der Waals surface area contributed by atoms with Gasteiger partial charge in [0.2, 0.25) is 0 Å². The molecule has 2 aromatic rings. The van der Waals surface area contributed by atoms with Gasteiger partial charge in [-0.2, -0.15) is 0 Å². The largest absolute Gasteiger partial charge is 0.469 e. The SMILES string of the molecule is COC(=O)CCc1cccc(-c2c(F)cccc2F)c1. The Hall–Kier alpha value is -2.23. The van der Waals surface area contributed by atoms with Crippen LogP contribution in [0.4, 0.5) is 8.78 Å². The maximum absolute atomic E-state index is 13.7. The maximum Gasteiger partial charge on any atom is 0.305 e. The highest BCUT2D eigenvalue weighted by Crippen LogP contribution is 2.26. The summed E-state index contributed by atoms with van der Waals surface area (Å²) < 4.78 is 32.0. The number of carbonyl (C=O) groups is 1. The summed E-state index contributed by atoms with van der Waals surface area (Å²) in [4.78, 5) is 11.1. The van der Waals surface area contributed by atoms with Crippen LogP contribution < -0.4 is 0 Å². The molecule has 0 bridgehead atoms. The normalized spacial score (nSPS) is 10.3. The summed E-state index contributed by atoms with van der Waals surface area (Å²) in [7, 11) is 1.33. The molecule has 104 valence electrons. The van der Waals surface area contributed by atoms with E-state index in [2.05, 4.69) is 4.74 Å². The van der Waals surface area contributed by atoms with E-state index in [1.165, 1.54) is 25.3 Å². The van der Waals surface area contributed by atoms with Crippen LogP contribution in [-0.4, -0.2) is 13.1 Å². The van der Waals surface area contributed by atoms with Crippen LogP contribution in [0.25, 0.3) is 11.1 Å². The Kier molecular flexibility index (Phi) is 4.45. The number of ether oxygens (including phenoxy) is 1. The highest BCUT2D eigenvalue weighted by molar-refractivity contribution is 5.70. The summed E-state index contributed by atoms with van der Waals surface area (Å²) in [5.74, 6) is -1.52. The Morgan fingerprint density at radius 3 is 2.40 bits per heavy atom. The fourth-order valence-corrected chi connectivity index (χ4v) is 2.00. The van der Waals surface area contributed by atoms with E-state index >= 15 is 0 Å². The quantitative estimate of drug-likeness (QED) is 0.795. The Morgan fingerprint density at radius 2 is 1.75 bits per heavy atom. The van der Waals surface area contributed by atoms with E-state index < -0.39 is 11.6 Å². The summed E-state index contributed by atoms with van der Waals surface area (Å²) in [5, 5.41) is 0. The van der Waals surface area contributed by atoms with Crippen LogP contribution in [0.2, 0.25) is 0 Å². The van der Waals surface area contributed by atoms with E-state index in [1.807, 2.05) is 6.07 Å². The molecule has 0 heterocycles. The average Bonchev–Trinajstić information content (AvgIpc) is 2.45. The number of halogens is 2. The van der Waals surface area contributed by atoms with Crippen molar-refractivity contribution < 1.29 is 18.3 Å². The Morgan fingerprint density at radius 1 is 1.10 bits per heavy atom. The van der Waals surface area contributed by atoms with E-state index in [0.29, 0.717) is 12.0 Å². The highest BCUT2D eigenvalue weighted by Gasteiger charge is 2.11. The highest BCUT2D eigenvalue weighted by atomic mass is 19.1. The minimum Gasteiger partial charge on any atom is -0.469 e. The molecule has 0 unspecified atom stereocenters. The summed E-state index contributed by atoms with van der Waals surface area (Å²) in [6, 6.07) is 10.6. The second-order valence-electron chi connectivity index (χ2n) is 4.37. The second-order valence-corrected chi connectivity index (χ2v) is 4.37. The standard InChI is InChI=1S/C16H14F2O2/c1-20-15(19)9-8-11-4-2-5-12(10-11)16-13(17)6-3-7-14(16)18/h2-7,10H,8-9H2,1H3. The first-order chi connectivity index (χ1) is 9.61. The van der Waals surface area contributed by atoms with Crippen LogP contribution in [0.15, 0.2) is 42.5 Å². The minimum absolute atomic E-state index is 0.0487. The van der Waals surface area contributed by atoms with Gasteiger partial charge in [0.05, 0.1) is 12.7 Å². The fraction of sp³-hybridized carbons (Fsp3) is 0.188. The first-order valence-corrected chi connectivity index (χ1v) is 6.22. The molecule has 0 aliphatic carbocycles. The van der Waals surface area contributed by atoms with Gasteiger partial charge in [0.15, 0.2) is 0 Å². The molecule has 4 heteroatoms. The molecule has 0 fully saturated rings. The summed E-state index contributed by atoms with van der Waals surface area (Å²) in [5.41, 5.74) is 1.24. The van der Waals surface area contributed by atoms with Gasteiger partial charge in [0.1, 0.15) is 11.6 Å². The lowest BCUT2D eigenvalue weighted by atomic mass is 10.00. The number of esters is 1. The first-order valence-electron chi connectivity index (χ1n) is 6.22. The average molecular weight is 276 g/mol.